The van der Waals surface area contributed by atoms with Gasteiger partial charge in [0.15, 0.2) is 11.5 Å². The van der Waals surface area contributed by atoms with Crippen LogP contribution >= 0.6 is 0 Å². The number of halogens is 1. The number of carboxylic acids is 1. The number of hydrogen-bond donors (Lipinski definition) is 1. The molecule has 2 aliphatic rings. The van der Waals surface area contributed by atoms with E-state index < -0.39 is 17.1 Å². The van der Waals surface area contributed by atoms with Gasteiger partial charge in [-0.2, -0.15) is 0 Å². The molecule has 0 bridgehead atoms. The first-order valence-corrected chi connectivity index (χ1v) is 7.17. The molecule has 0 atom stereocenters. The Bertz CT molecular complexity index is 585. The second-order valence-corrected chi connectivity index (χ2v) is 6.37. The van der Waals surface area contributed by atoms with Crippen molar-refractivity contribution < 1.29 is 23.8 Å². The topological polar surface area (TPSA) is 55.8 Å². The SMILES string of the molecule is CC(C)(F)c1cc2c(c(C3(CC(=O)O)CC3)c1)OCCO2. The molecule has 1 aliphatic heterocycles. The van der Waals surface area contributed by atoms with Crippen LogP contribution in [0.25, 0.3) is 0 Å². The number of aliphatic carboxylic acids is 1. The second-order valence-electron chi connectivity index (χ2n) is 6.37. The van der Waals surface area contributed by atoms with Gasteiger partial charge in [0, 0.05) is 11.0 Å². The normalized spacial score (nSPS) is 19.2. The van der Waals surface area contributed by atoms with Crippen molar-refractivity contribution in [2.24, 2.45) is 0 Å². The molecule has 21 heavy (non-hydrogen) atoms. The van der Waals surface area contributed by atoms with Crippen LogP contribution < -0.4 is 9.47 Å². The van der Waals surface area contributed by atoms with Crippen LogP contribution in [0.4, 0.5) is 4.39 Å². The Kier molecular flexibility index (Phi) is 3.11. The molecule has 4 nitrogen and oxygen atoms in total. The van der Waals surface area contributed by atoms with E-state index in [1.165, 1.54) is 13.8 Å². The average molecular weight is 294 g/mol. The van der Waals surface area contributed by atoms with Gasteiger partial charge in [-0.15, -0.1) is 0 Å². The highest BCUT2D eigenvalue weighted by molar-refractivity contribution is 5.71. The maximum absolute atomic E-state index is 14.3. The van der Waals surface area contributed by atoms with Crippen LogP contribution in [0.1, 0.15) is 44.2 Å². The number of ether oxygens (including phenoxy) is 2. The van der Waals surface area contributed by atoms with Crippen molar-refractivity contribution in [3.8, 4) is 11.5 Å². The third-order valence-electron chi connectivity index (χ3n) is 4.24. The smallest absolute Gasteiger partial charge is 0.304 e. The highest BCUT2D eigenvalue weighted by Crippen LogP contribution is 2.57. The van der Waals surface area contributed by atoms with E-state index in [1.807, 2.05) is 0 Å². The first kappa shape index (κ1) is 14.2. The molecule has 0 radical (unpaired) electrons. The van der Waals surface area contributed by atoms with Gasteiger partial charge in [0.2, 0.25) is 0 Å². The van der Waals surface area contributed by atoms with E-state index in [1.54, 1.807) is 12.1 Å². The summed E-state index contributed by atoms with van der Waals surface area (Å²) < 4.78 is 25.6. The lowest BCUT2D eigenvalue weighted by atomic mass is 9.87. The number of alkyl halides is 1. The highest BCUT2D eigenvalue weighted by atomic mass is 19.1. The standard InChI is InChI=1S/C16H19FO4/c1-15(2,17)10-7-11(16(3-4-16)9-13(18)19)14-12(8-10)20-5-6-21-14/h7-8H,3-6,9H2,1-2H3,(H,18,19). The van der Waals surface area contributed by atoms with Gasteiger partial charge in [0.25, 0.3) is 0 Å². The summed E-state index contributed by atoms with van der Waals surface area (Å²) in [5.41, 5.74) is -0.664. The Hall–Kier alpha value is -1.78. The summed E-state index contributed by atoms with van der Waals surface area (Å²) in [6.07, 6.45) is 1.61. The van der Waals surface area contributed by atoms with Crippen LogP contribution in [0, 0.1) is 0 Å². The number of benzene rings is 1. The summed E-state index contributed by atoms with van der Waals surface area (Å²) in [4.78, 5) is 11.1. The molecule has 1 aliphatic carbocycles. The number of fused-ring (bicyclic) bond motifs is 1. The van der Waals surface area contributed by atoms with Crippen molar-refractivity contribution in [3.05, 3.63) is 23.3 Å². The lowest BCUT2D eigenvalue weighted by Crippen LogP contribution is -2.22. The molecular weight excluding hydrogens is 275 g/mol. The first-order valence-electron chi connectivity index (χ1n) is 7.17. The summed E-state index contributed by atoms with van der Waals surface area (Å²) in [7, 11) is 0. The Morgan fingerprint density at radius 1 is 1.33 bits per heavy atom. The molecule has 0 unspecified atom stereocenters. The molecule has 1 heterocycles. The predicted octanol–water partition coefficient (Wildman–Crippen LogP) is 3.17. The van der Waals surface area contributed by atoms with E-state index in [2.05, 4.69) is 0 Å². The molecule has 0 spiro atoms. The van der Waals surface area contributed by atoms with E-state index in [-0.39, 0.29) is 6.42 Å². The third-order valence-corrected chi connectivity index (χ3v) is 4.24. The minimum absolute atomic E-state index is 0.0406. The minimum Gasteiger partial charge on any atom is -0.486 e. The fourth-order valence-electron chi connectivity index (χ4n) is 2.87. The predicted molar refractivity (Wildman–Crippen MR) is 74.7 cm³/mol. The van der Waals surface area contributed by atoms with Gasteiger partial charge in [-0.25, -0.2) is 4.39 Å². The van der Waals surface area contributed by atoms with Crippen molar-refractivity contribution >= 4 is 5.97 Å². The Morgan fingerprint density at radius 2 is 2.00 bits per heavy atom. The van der Waals surface area contributed by atoms with Crippen LogP contribution in [-0.2, 0) is 15.9 Å². The van der Waals surface area contributed by atoms with Crippen LogP contribution in [0.2, 0.25) is 0 Å². The molecular formula is C16H19FO4. The van der Waals surface area contributed by atoms with Gasteiger partial charge >= 0.3 is 5.97 Å². The quantitative estimate of drug-likeness (QED) is 0.926. The van der Waals surface area contributed by atoms with Crippen LogP contribution in [0.15, 0.2) is 12.1 Å². The van der Waals surface area contributed by atoms with Crippen molar-refractivity contribution in [2.45, 2.75) is 44.2 Å². The molecule has 5 heteroatoms. The molecule has 0 aromatic heterocycles. The van der Waals surface area contributed by atoms with E-state index in [0.717, 1.165) is 18.4 Å². The molecule has 1 N–H and O–H groups in total. The van der Waals surface area contributed by atoms with Crippen LogP contribution in [-0.4, -0.2) is 24.3 Å². The van der Waals surface area contributed by atoms with E-state index in [9.17, 15) is 9.18 Å². The Labute approximate surface area is 122 Å². The maximum atomic E-state index is 14.3. The van der Waals surface area contributed by atoms with Gasteiger partial charge in [0.1, 0.15) is 18.9 Å². The van der Waals surface area contributed by atoms with Crippen LogP contribution in [0.5, 0.6) is 11.5 Å². The first-order chi connectivity index (χ1) is 9.82. The van der Waals surface area contributed by atoms with Crippen LogP contribution in [0.3, 0.4) is 0 Å². The second kappa shape index (κ2) is 4.61. The molecule has 114 valence electrons. The summed E-state index contributed by atoms with van der Waals surface area (Å²) >= 11 is 0. The summed E-state index contributed by atoms with van der Waals surface area (Å²) in [6, 6.07) is 3.41. The van der Waals surface area contributed by atoms with E-state index in [4.69, 9.17) is 14.6 Å². The molecule has 0 saturated heterocycles. The van der Waals surface area contributed by atoms with Gasteiger partial charge < -0.3 is 14.6 Å². The number of hydrogen-bond acceptors (Lipinski definition) is 3. The monoisotopic (exact) mass is 294 g/mol. The lowest BCUT2D eigenvalue weighted by molar-refractivity contribution is -0.137. The highest BCUT2D eigenvalue weighted by Gasteiger charge is 2.49. The Morgan fingerprint density at radius 3 is 2.57 bits per heavy atom. The summed E-state index contributed by atoms with van der Waals surface area (Å²) in [6.45, 7) is 3.83. The van der Waals surface area contributed by atoms with Gasteiger partial charge in [-0.05, 0) is 44.4 Å². The zero-order valence-electron chi connectivity index (χ0n) is 12.2. The molecule has 3 rings (SSSR count). The largest absolute Gasteiger partial charge is 0.486 e. The number of carboxylic acid groups (broad SMARTS) is 1. The van der Waals surface area contributed by atoms with Gasteiger partial charge in [0.05, 0.1) is 6.42 Å². The molecule has 0 amide bonds. The number of rotatable bonds is 4. The number of carbonyl (C=O) groups is 1. The van der Waals surface area contributed by atoms with Gasteiger partial charge in [-0.1, -0.05) is 0 Å². The van der Waals surface area contributed by atoms with Crippen molar-refractivity contribution in [2.75, 3.05) is 13.2 Å². The molecule has 1 aromatic carbocycles. The van der Waals surface area contributed by atoms with Crippen molar-refractivity contribution in [3.63, 3.8) is 0 Å². The van der Waals surface area contributed by atoms with E-state index >= 15 is 0 Å². The van der Waals surface area contributed by atoms with E-state index in [0.29, 0.717) is 30.3 Å². The third kappa shape index (κ3) is 2.57. The maximum Gasteiger partial charge on any atom is 0.304 e. The van der Waals surface area contributed by atoms with Crippen molar-refractivity contribution in [1.29, 1.82) is 0 Å². The molecule has 1 fully saturated rings. The molecule has 1 aromatic rings. The lowest BCUT2D eigenvalue weighted by Gasteiger charge is -2.27. The Balaban J connectivity index is 2.12. The zero-order chi connectivity index (χ0) is 15.3. The fraction of sp³-hybridized carbons (Fsp3) is 0.562. The minimum atomic E-state index is -1.51. The zero-order valence-corrected chi connectivity index (χ0v) is 12.2. The average Bonchev–Trinajstić information content (AvgIpc) is 3.16. The summed E-state index contributed by atoms with van der Waals surface area (Å²) in [5, 5.41) is 9.14. The van der Waals surface area contributed by atoms with Gasteiger partial charge in [-0.3, -0.25) is 4.79 Å². The molecule has 1 saturated carbocycles. The van der Waals surface area contributed by atoms with Crippen molar-refractivity contribution in [1.82, 2.24) is 0 Å². The fourth-order valence-corrected chi connectivity index (χ4v) is 2.87. The summed E-state index contributed by atoms with van der Waals surface area (Å²) in [5.74, 6) is 0.270.